The van der Waals surface area contributed by atoms with Gasteiger partial charge in [0.25, 0.3) is 0 Å². The van der Waals surface area contributed by atoms with Crippen LogP contribution in [0.5, 0.6) is 0 Å². The summed E-state index contributed by atoms with van der Waals surface area (Å²) in [6.45, 7) is 1.86. The Morgan fingerprint density at radius 1 is 1.28 bits per heavy atom. The number of hydrogen-bond acceptors (Lipinski definition) is 4. The number of aliphatic hydroxyl groups excluding tert-OH is 1. The number of likely N-dealkylation sites (N-methyl/N-ethyl adjacent to an activating group) is 1. The number of nitrogens with one attached hydrogen (secondary N) is 1. The molecule has 0 aliphatic rings. The van der Waals surface area contributed by atoms with Gasteiger partial charge in [-0.15, -0.1) is 0 Å². The van der Waals surface area contributed by atoms with Crippen molar-refractivity contribution in [1.29, 1.82) is 0 Å². The zero-order valence-corrected chi connectivity index (χ0v) is 10.1. The number of aliphatic carboxylic acids is 2. The average Bonchev–Trinajstić information content (AvgIpc) is 2.30. The lowest BCUT2D eigenvalue weighted by molar-refractivity contribution is -0.140. The average molecular weight is 262 g/mol. The standard InChI is InChI=1S/C10H18N2O6/c1-2-12(5-6-13)10(18)11-7(9(16)17)3-4-8(14)15/h7,13H,2-6H2,1H3,(H,11,18)(H,14,15)(H,16,17). The van der Waals surface area contributed by atoms with Crippen LogP contribution in [0.2, 0.25) is 0 Å². The lowest BCUT2D eigenvalue weighted by Crippen LogP contribution is -2.48. The van der Waals surface area contributed by atoms with Gasteiger partial charge in [0.15, 0.2) is 0 Å². The van der Waals surface area contributed by atoms with Gasteiger partial charge in [-0.05, 0) is 13.3 Å². The Hall–Kier alpha value is -1.83. The monoisotopic (exact) mass is 262 g/mol. The van der Waals surface area contributed by atoms with E-state index in [0.29, 0.717) is 6.54 Å². The number of carboxylic acids is 2. The first-order chi connectivity index (χ1) is 8.42. The fourth-order valence-electron chi connectivity index (χ4n) is 1.29. The molecule has 8 heteroatoms. The van der Waals surface area contributed by atoms with Gasteiger partial charge < -0.3 is 25.5 Å². The van der Waals surface area contributed by atoms with Crippen molar-refractivity contribution in [3.8, 4) is 0 Å². The van der Waals surface area contributed by atoms with Gasteiger partial charge in [0.2, 0.25) is 0 Å². The highest BCUT2D eigenvalue weighted by Crippen LogP contribution is 2.00. The van der Waals surface area contributed by atoms with E-state index < -0.39 is 24.0 Å². The second kappa shape index (κ2) is 8.29. The predicted molar refractivity (Wildman–Crippen MR) is 61.2 cm³/mol. The third-order valence-corrected chi connectivity index (χ3v) is 2.28. The summed E-state index contributed by atoms with van der Waals surface area (Å²) in [7, 11) is 0. The molecule has 4 N–H and O–H groups in total. The molecule has 0 aromatic heterocycles. The number of carbonyl (C=O) groups excluding carboxylic acids is 1. The Morgan fingerprint density at radius 2 is 1.89 bits per heavy atom. The summed E-state index contributed by atoms with van der Waals surface area (Å²) in [5, 5.41) is 28.3. The normalized spacial score (nSPS) is 11.7. The first-order valence-corrected chi connectivity index (χ1v) is 5.53. The molecule has 0 saturated carbocycles. The molecule has 1 atom stereocenters. The molecule has 18 heavy (non-hydrogen) atoms. The lowest BCUT2D eigenvalue weighted by Gasteiger charge is -2.22. The molecule has 8 nitrogen and oxygen atoms in total. The van der Waals surface area contributed by atoms with Crippen LogP contribution in [0.25, 0.3) is 0 Å². The van der Waals surface area contributed by atoms with Crippen LogP contribution in [0.15, 0.2) is 0 Å². The van der Waals surface area contributed by atoms with Crippen LogP contribution in [0.3, 0.4) is 0 Å². The molecule has 0 rings (SSSR count). The van der Waals surface area contributed by atoms with Crippen molar-refractivity contribution in [2.45, 2.75) is 25.8 Å². The zero-order valence-electron chi connectivity index (χ0n) is 10.1. The molecule has 0 aromatic carbocycles. The largest absolute Gasteiger partial charge is 0.481 e. The number of hydrogen-bond donors (Lipinski definition) is 4. The fraction of sp³-hybridized carbons (Fsp3) is 0.700. The molecule has 0 aliphatic heterocycles. The number of carbonyl (C=O) groups is 3. The summed E-state index contributed by atoms with van der Waals surface area (Å²) in [6.07, 6.45) is -0.531. The third kappa shape index (κ3) is 6.04. The number of urea groups is 1. The van der Waals surface area contributed by atoms with Crippen molar-refractivity contribution >= 4 is 18.0 Å². The van der Waals surface area contributed by atoms with Crippen molar-refractivity contribution in [3.05, 3.63) is 0 Å². The van der Waals surface area contributed by atoms with E-state index in [1.165, 1.54) is 4.90 Å². The van der Waals surface area contributed by atoms with Crippen LogP contribution in [-0.4, -0.2) is 63.9 Å². The highest BCUT2D eigenvalue weighted by molar-refractivity contribution is 5.83. The smallest absolute Gasteiger partial charge is 0.326 e. The van der Waals surface area contributed by atoms with Gasteiger partial charge in [0.1, 0.15) is 6.04 Å². The second-order valence-electron chi connectivity index (χ2n) is 3.58. The van der Waals surface area contributed by atoms with E-state index in [-0.39, 0.29) is 26.0 Å². The molecule has 104 valence electrons. The molecule has 0 aromatic rings. The number of aliphatic hydroxyl groups is 1. The summed E-state index contributed by atoms with van der Waals surface area (Å²) in [5.74, 6) is -2.41. The number of amides is 2. The molecule has 0 fully saturated rings. The highest BCUT2D eigenvalue weighted by atomic mass is 16.4. The fourth-order valence-corrected chi connectivity index (χ4v) is 1.29. The van der Waals surface area contributed by atoms with Gasteiger partial charge in [0, 0.05) is 19.5 Å². The number of carboxylic acid groups (broad SMARTS) is 2. The van der Waals surface area contributed by atoms with Gasteiger partial charge in [-0.3, -0.25) is 4.79 Å². The Kier molecular flexibility index (Phi) is 7.45. The van der Waals surface area contributed by atoms with Crippen molar-refractivity contribution in [2.24, 2.45) is 0 Å². The molecule has 0 saturated heterocycles. The van der Waals surface area contributed by atoms with Crippen LogP contribution in [-0.2, 0) is 9.59 Å². The maximum Gasteiger partial charge on any atom is 0.326 e. The Balaban J connectivity index is 4.42. The quantitative estimate of drug-likeness (QED) is 0.459. The van der Waals surface area contributed by atoms with Crippen molar-refractivity contribution < 1.29 is 29.7 Å². The Labute approximate surface area is 104 Å². The van der Waals surface area contributed by atoms with E-state index in [0.717, 1.165) is 0 Å². The van der Waals surface area contributed by atoms with E-state index in [9.17, 15) is 14.4 Å². The predicted octanol–water partition coefficient (Wildman–Crippen LogP) is -0.672. The first kappa shape index (κ1) is 16.2. The van der Waals surface area contributed by atoms with E-state index in [1.807, 2.05) is 0 Å². The molecular formula is C10H18N2O6. The summed E-state index contributed by atoms with van der Waals surface area (Å²) >= 11 is 0. The van der Waals surface area contributed by atoms with Crippen LogP contribution < -0.4 is 5.32 Å². The molecular weight excluding hydrogens is 244 g/mol. The topological polar surface area (TPSA) is 127 Å². The molecule has 0 aliphatic carbocycles. The number of nitrogens with zero attached hydrogens (tertiary/aromatic N) is 1. The minimum atomic E-state index is -1.29. The van der Waals surface area contributed by atoms with E-state index in [2.05, 4.69) is 5.32 Å². The van der Waals surface area contributed by atoms with Gasteiger partial charge >= 0.3 is 18.0 Å². The van der Waals surface area contributed by atoms with Crippen molar-refractivity contribution in [1.82, 2.24) is 10.2 Å². The van der Waals surface area contributed by atoms with Crippen molar-refractivity contribution in [2.75, 3.05) is 19.7 Å². The molecule has 2 amide bonds. The minimum Gasteiger partial charge on any atom is -0.481 e. The minimum absolute atomic E-state index is 0.0909. The summed E-state index contributed by atoms with van der Waals surface area (Å²) in [6, 6.07) is -1.88. The number of rotatable bonds is 8. The van der Waals surface area contributed by atoms with Crippen LogP contribution >= 0.6 is 0 Å². The molecule has 0 bridgehead atoms. The summed E-state index contributed by atoms with van der Waals surface area (Å²) in [5.41, 5.74) is 0. The summed E-state index contributed by atoms with van der Waals surface area (Å²) in [4.78, 5) is 34.0. The third-order valence-electron chi connectivity index (χ3n) is 2.28. The van der Waals surface area contributed by atoms with Gasteiger partial charge in [-0.2, -0.15) is 0 Å². The lowest BCUT2D eigenvalue weighted by atomic mass is 10.1. The second-order valence-corrected chi connectivity index (χ2v) is 3.58. The van der Waals surface area contributed by atoms with Gasteiger partial charge in [-0.25, -0.2) is 9.59 Å². The van der Waals surface area contributed by atoms with Crippen LogP contribution in [0.4, 0.5) is 4.79 Å². The van der Waals surface area contributed by atoms with E-state index in [1.54, 1.807) is 6.92 Å². The summed E-state index contributed by atoms with van der Waals surface area (Å²) < 4.78 is 0. The van der Waals surface area contributed by atoms with Gasteiger partial charge in [-0.1, -0.05) is 0 Å². The molecule has 0 heterocycles. The van der Waals surface area contributed by atoms with E-state index >= 15 is 0 Å². The van der Waals surface area contributed by atoms with Gasteiger partial charge in [0.05, 0.1) is 6.61 Å². The molecule has 0 spiro atoms. The highest BCUT2D eigenvalue weighted by Gasteiger charge is 2.23. The van der Waals surface area contributed by atoms with E-state index in [4.69, 9.17) is 15.3 Å². The maximum absolute atomic E-state index is 11.6. The molecule has 1 unspecified atom stereocenters. The van der Waals surface area contributed by atoms with Crippen LogP contribution in [0.1, 0.15) is 19.8 Å². The Morgan fingerprint density at radius 3 is 2.28 bits per heavy atom. The first-order valence-electron chi connectivity index (χ1n) is 5.53. The van der Waals surface area contributed by atoms with Crippen LogP contribution in [0, 0.1) is 0 Å². The SMILES string of the molecule is CCN(CCO)C(=O)NC(CCC(=O)O)C(=O)O. The molecule has 0 radical (unpaired) electrons. The Bertz CT molecular complexity index is 307. The zero-order chi connectivity index (χ0) is 14.1. The van der Waals surface area contributed by atoms with Crippen molar-refractivity contribution in [3.63, 3.8) is 0 Å². The maximum atomic E-state index is 11.6.